The van der Waals surface area contributed by atoms with Crippen molar-refractivity contribution in [1.82, 2.24) is 4.57 Å². The molecule has 2 aromatic rings. The van der Waals surface area contributed by atoms with Gasteiger partial charge >= 0.3 is 0 Å². The molecule has 1 aliphatic heterocycles. The summed E-state index contributed by atoms with van der Waals surface area (Å²) in [6.45, 7) is 0. The largest absolute Gasteiger partial charge is 0.437 e. The van der Waals surface area contributed by atoms with Crippen molar-refractivity contribution in [3.05, 3.63) is 74.9 Å². The Morgan fingerprint density at radius 3 is 2.24 bits per heavy atom. The van der Waals surface area contributed by atoms with Crippen LogP contribution in [0.1, 0.15) is 17.2 Å². The number of aromatic nitrogens is 1. The molecule has 7 heteroatoms. The molecular weight excluding hydrogens is 359 g/mol. The van der Waals surface area contributed by atoms with Crippen molar-refractivity contribution in [3.8, 4) is 12.1 Å². The van der Waals surface area contributed by atoms with Gasteiger partial charge in [-0.2, -0.15) is 10.5 Å². The number of benzene rings is 1. The van der Waals surface area contributed by atoms with Gasteiger partial charge in [0.2, 0.25) is 5.88 Å². The number of allylic oxidation sites excluding steroid dienone is 2. The maximum Gasteiger partial charge on any atom is 0.205 e. The molecule has 3 rings (SSSR count). The Morgan fingerprint density at radius 1 is 1.08 bits per heavy atom. The molecule has 1 atom stereocenters. The van der Waals surface area contributed by atoms with Crippen molar-refractivity contribution in [3.63, 3.8) is 0 Å². The van der Waals surface area contributed by atoms with Crippen LogP contribution < -0.4 is 5.73 Å². The van der Waals surface area contributed by atoms with E-state index in [-0.39, 0.29) is 22.8 Å². The van der Waals surface area contributed by atoms with E-state index in [1.807, 2.05) is 25.4 Å². The Bertz CT molecular complexity index is 985. The summed E-state index contributed by atoms with van der Waals surface area (Å²) in [5.41, 5.74) is 7.42. The average Bonchev–Trinajstić information content (AvgIpc) is 3.00. The number of halogens is 2. The van der Waals surface area contributed by atoms with Crippen LogP contribution in [0.15, 0.2) is 53.6 Å². The van der Waals surface area contributed by atoms with Gasteiger partial charge in [0.25, 0.3) is 0 Å². The number of nitriles is 2. The minimum Gasteiger partial charge on any atom is -0.437 e. The molecule has 1 aromatic heterocycles. The van der Waals surface area contributed by atoms with Crippen LogP contribution in [0.3, 0.4) is 0 Å². The third-order valence-electron chi connectivity index (χ3n) is 4.01. The Balaban J connectivity index is 2.34. The van der Waals surface area contributed by atoms with E-state index in [0.29, 0.717) is 21.3 Å². The van der Waals surface area contributed by atoms with E-state index >= 15 is 0 Å². The molecule has 0 saturated carbocycles. The van der Waals surface area contributed by atoms with Crippen molar-refractivity contribution in [1.29, 1.82) is 10.5 Å². The van der Waals surface area contributed by atoms with Gasteiger partial charge in [0, 0.05) is 28.9 Å². The fourth-order valence-corrected chi connectivity index (χ4v) is 3.45. The molecule has 0 aliphatic carbocycles. The topological polar surface area (TPSA) is 87.8 Å². The first kappa shape index (κ1) is 17.0. The summed E-state index contributed by atoms with van der Waals surface area (Å²) in [7, 11) is 1.82. The summed E-state index contributed by atoms with van der Waals surface area (Å²) in [6, 6.07) is 12.8. The number of nitrogens with two attached hydrogens (primary N) is 1. The predicted octanol–water partition coefficient (Wildman–Crippen LogP) is 4.07. The maximum atomic E-state index is 9.81. The van der Waals surface area contributed by atoms with Gasteiger partial charge in [0.15, 0.2) is 5.76 Å². The summed E-state index contributed by atoms with van der Waals surface area (Å²) in [4.78, 5) is 0. The van der Waals surface area contributed by atoms with Gasteiger partial charge in [-0.25, -0.2) is 0 Å². The van der Waals surface area contributed by atoms with Crippen LogP contribution >= 0.6 is 23.2 Å². The molecular formula is C18H12Cl2N4O. The zero-order chi connectivity index (χ0) is 18.1. The smallest absolute Gasteiger partial charge is 0.205 e. The van der Waals surface area contributed by atoms with Crippen molar-refractivity contribution in [2.24, 2.45) is 12.8 Å². The second-order valence-corrected chi connectivity index (χ2v) is 6.23. The lowest BCUT2D eigenvalue weighted by Crippen LogP contribution is -2.21. The average molecular weight is 371 g/mol. The van der Waals surface area contributed by atoms with E-state index in [2.05, 4.69) is 6.07 Å². The lowest BCUT2D eigenvalue weighted by Gasteiger charge is -2.27. The highest BCUT2D eigenvalue weighted by molar-refractivity contribution is 6.36. The van der Waals surface area contributed by atoms with E-state index in [4.69, 9.17) is 33.7 Å². The molecule has 0 bridgehead atoms. The highest BCUT2D eigenvalue weighted by Crippen LogP contribution is 2.46. The lowest BCUT2D eigenvalue weighted by molar-refractivity contribution is 0.354. The second-order valence-electron chi connectivity index (χ2n) is 5.42. The summed E-state index contributed by atoms with van der Waals surface area (Å²) in [6.07, 6.45) is 1.82. The third-order valence-corrected chi connectivity index (χ3v) is 4.66. The zero-order valence-electron chi connectivity index (χ0n) is 13.1. The van der Waals surface area contributed by atoms with E-state index in [1.54, 1.807) is 28.8 Å². The summed E-state index contributed by atoms with van der Waals surface area (Å²) < 4.78 is 7.43. The van der Waals surface area contributed by atoms with E-state index < -0.39 is 5.92 Å². The molecule has 124 valence electrons. The summed E-state index contributed by atoms with van der Waals surface area (Å²) >= 11 is 12.6. The molecule has 25 heavy (non-hydrogen) atoms. The van der Waals surface area contributed by atoms with Crippen LogP contribution in [0.25, 0.3) is 5.76 Å². The summed E-state index contributed by atoms with van der Waals surface area (Å²) in [5, 5.41) is 20.1. The van der Waals surface area contributed by atoms with Gasteiger partial charge in [0.05, 0.1) is 23.3 Å². The van der Waals surface area contributed by atoms with Crippen LogP contribution in [-0.2, 0) is 11.8 Å². The first-order valence-electron chi connectivity index (χ1n) is 7.27. The van der Waals surface area contributed by atoms with Gasteiger partial charge in [-0.05, 0) is 24.3 Å². The van der Waals surface area contributed by atoms with Crippen LogP contribution in [0.5, 0.6) is 0 Å². The number of rotatable bonds is 2. The molecule has 0 fully saturated rings. The quantitative estimate of drug-likeness (QED) is 0.862. The van der Waals surface area contributed by atoms with Crippen molar-refractivity contribution < 1.29 is 4.74 Å². The van der Waals surface area contributed by atoms with Crippen molar-refractivity contribution in [2.75, 3.05) is 0 Å². The van der Waals surface area contributed by atoms with E-state index in [0.717, 1.165) is 0 Å². The third kappa shape index (κ3) is 2.74. The first-order chi connectivity index (χ1) is 12.0. The van der Waals surface area contributed by atoms with E-state index in [9.17, 15) is 10.5 Å². The molecule has 0 radical (unpaired) electrons. The lowest BCUT2D eigenvalue weighted by atomic mass is 9.83. The molecule has 2 heterocycles. The van der Waals surface area contributed by atoms with Crippen LogP contribution in [0, 0.1) is 22.7 Å². The molecule has 0 amide bonds. The summed E-state index contributed by atoms with van der Waals surface area (Å²) in [5.74, 6) is -0.582. The number of aryl methyl sites for hydroxylation is 1. The molecule has 0 unspecified atom stereocenters. The molecule has 5 nitrogen and oxygen atoms in total. The molecule has 0 saturated heterocycles. The Labute approximate surface area is 154 Å². The van der Waals surface area contributed by atoms with Gasteiger partial charge in [0.1, 0.15) is 11.6 Å². The molecule has 0 spiro atoms. The van der Waals surface area contributed by atoms with Gasteiger partial charge in [-0.1, -0.05) is 29.3 Å². The Hall–Kier alpha value is -2.86. The highest BCUT2D eigenvalue weighted by Gasteiger charge is 2.36. The Kier molecular flexibility index (Phi) is 4.46. The van der Waals surface area contributed by atoms with Gasteiger partial charge in [-0.15, -0.1) is 0 Å². The molecule has 1 aliphatic rings. The number of hydrogen-bond donors (Lipinski definition) is 1. The minimum atomic E-state index is -0.796. The molecule has 2 N–H and O–H groups in total. The van der Waals surface area contributed by atoms with Gasteiger partial charge in [-0.3, -0.25) is 0 Å². The fraction of sp³-hybridized carbons (Fsp3) is 0.111. The van der Waals surface area contributed by atoms with Gasteiger partial charge < -0.3 is 15.0 Å². The zero-order valence-corrected chi connectivity index (χ0v) is 14.6. The minimum absolute atomic E-state index is 0.0707. The van der Waals surface area contributed by atoms with Crippen LogP contribution in [0.4, 0.5) is 0 Å². The maximum absolute atomic E-state index is 9.81. The monoisotopic (exact) mass is 370 g/mol. The van der Waals surface area contributed by atoms with Crippen molar-refractivity contribution in [2.45, 2.75) is 5.92 Å². The van der Waals surface area contributed by atoms with E-state index in [1.165, 1.54) is 0 Å². The highest BCUT2D eigenvalue weighted by atomic mass is 35.5. The first-order valence-corrected chi connectivity index (χ1v) is 8.02. The number of hydrogen-bond acceptors (Lipinski definition) is 4. The second kappa shape index (κ2) is 6.57. The normalized spacial score (nSPS) is 17.1. The van der Waals surface area contributed by atoms with Crippen molar-refractivity contribution >= 4 is 29.0 Å². The number of ether oxygens (including phenoxy) is 1. The molecule has 1 aromatic carbocycles. The van der Waals surface area contributed by atoms with Crippen LogP contribution in [-0.4, -0.2) is 4.57 Å². The predicted molar refractivity (Wildman–Crippen MR) is 95.1 cm³/mol. The Morgan fingerprint density at radius 2 is 1.72 bits per heavy atom. The van der Waals surface area contributed by atoms with Crippen LogP contribution in [0.2, 0.25) is 10.0 Å². The number of nitrogens with zero attached hydrogens (tertiary/aromatic N) is 3. The standard InChI is InChI=1S/C18H12Cl2N4O/c1-24-7-3-6-14(24)17-10(8-21)15(11(9-22)18(23)25-17)16-12(19)4-2-5-13(16)20/h2-7,15H,23H2,1H3/t15-/m1/s1. The SMILES string of the molecule is Cn1cccc1C1=C(C#N)[C@@H](c2c(Cl)cccc2Cl)C(C#N)=C(N)O1. The fourth-order valence-electron chi connectivity index (χ4n) is 2.84.